The van der Waals surface area contributed by atoms with Gasteiger partial charge in [-0.15, -0.1) is 0 Å². The molecule has 11 heavy (non-hydrogen) atoms. The first-order chi connectivity index (χ1) is 5.67. The SMILES string of the molecule is [2H]C12CC3CC(CC(C3)C1=O)C2. The summed E-state index contributed by atoms with van der Waals surface area (Å²) in [6.07, 6.45) is 5.27. The van der Waals surface area contributed by atoms with E-state index in [-0.39, 0.29) is 11.7 Å². The van der Waals surface area contributed by atoms with Crippen LogP contribution in [0.2, 0.25) is 0 Å². The zero-order chi connectivity index (χ0) is 8.34. The first kappa shape index (κ1) is 5.34. The predicted molar refractivity (Wildman–Crippen MR) is 42.1 cm³/mol. The molecule has 4 fully saturated rings. The van der Waals surface area contributed by atoms with Gasteiger partial charge in [-0.1, -0.05) is 0 Å². The van der Waals surface area contributed by atoms with Crippen molar-refractivity contribution in [2.75, 3.05) is 0 Å². The number of carbonyl (C=O) groups excluding carboxylic acids is 1. The number of carbonyl (C=O) groups is 1. The second kappa shape index (κ2) is 1.88. The molecule has 0 aromatic rings. The quantitative estimate of drug-likeness (QED) is 0.517. The molecule has 0 heterocycles. The van der Waals surface area contributed by atoms with Crippen LogP contribution < -0.4 is 0 Å². The van der Waals surface area contributed by atoms with Gasteiger partial charge >= 0.3 is 0 Å². The Labute approximate surface area is 68.6 Å². The number of rotatable bonds is 0. The van der Waals surface area contributed by atoms with E-state index in [9.17, 15) is 4.79 Å². The van der Waals surface area contributed by atoms with Crippen molar-refractivity contribution >= 4 is 5.78 Å². The highest BCUT2D eigenvalue weighted by atomic mass is 16.1. The van der Waals surface area contributed by atoms with Gasteiger partial charge in [0.1, 0.15) is 5.78 Å². The highest BCUT2D eigenvalue weighted by Gasteiger charge is 2.47. The molecule has 1 heteroatoms. The summed E-state index contributed by atoms with van der Waals surface area (Å²) in [5.74, 6) is 1.37. The van der Waals surface area contributed by atoms with E-state index in [1.165, 1.54) is 6.42 Å². The number of hydrogen-bond acceptors (Lipinski definition) is 1. The molecule has 60 valence electrons. The zero-order valence-electron chi connectivity index (χ0n) is 7.68. The normalized spacial score (nSPS) is 61.6. The first-order valence-electron chi connectivity index (χ1n) is 5.22. The van der Waals surface area contributed by atoms with Crippen LogP contribution in [0.5, 0.6) is 0 Å². The third-order valence-corrected chi connectivity index (χ3v) is 3.69. The monoisotopic (exact) mass is 151 g/mol. The summed E-state index contributed by atoms with van der Waals surface area (Å²) in [5, 5.41) is 0. The maximum atomic E-state index is 11.7. The Morgan fingerprint density at radius 1 is 1.09 bits per heavy atom. The summed E-state index contributed by atoms with van der Waals surface area (Å²) in [6.45, 7) is 0. The van der Waals surface area contributed by atoms with Crippen LogP contribution in [0.15, 0.2) is 0 Å². The molecule has 4 aliphatic rings. The third kappa shape index (κ3) is 0.743. The molecule has 2 atom stereocenters. The standard InChI is InChI=1S/C10H14O/c11-10-8-2-6-1-7(4-8)5-9(10)3-6/h6-9H,1-5H2/i8D. The van der Waals surface area contributed by atoms with Crippen molar-refractivity contribution in [3.8, 4) is 0 Å². The molecule has 0 saturated heterocycles. The van der Waals surface area contributed by atoms with Crippen LogP contribution in [0.3, 0.4) is 0 Å². The molecule has 0 aromatic carbocycles. The molecule has 2 unspecified atom stereocenters. The van der Waals surface area contributed by atoms with Crippen LogP contribution in [0.4, 0.5) is 0 Å². The largest absolute Gasteiger partial charge is 0.299 e. The molecule has 0 aliphatic heterocycles. The molecule has 0 spiro atoms. The molecule has 4 aliphatic carbocycles. The Balaban J connectivity index is 2.02. The maximum Gasteiger partial charge on any atom is 0.139 e. The number of hydrogen-bond donors (Lipinski definition) is 0. The molecular weight excluding hydrogens is 136 g/mol. The van der Waals surface area contributed by atoms with E-state index >= 15 is 0 Å². The van der Waals surface area contributed by atoms with Gasteiger partial charge in [-0.05, 0) is 43.9 Å². The first-order valence-corrected chi connectivity index (χ1v) is 4.72. The number of Topliss-reactive ketones (excluding diaryl/α,β-unsaturated/α-hetero) is 1. The van der Waals surface area contributed by atoms with Gasteiger partial charge in [0.15, 0.2) is 0 Å². The van der Waals surface area contributed by atoms with Crippen molar-refractivity contribution in [1.29, 1.82) is 0 Å². The van der Waals surface area contributed by atoms with Crippen molar-refractivity contribution in [3.05, 3.63) is 0 Å². The predicted octanol–water partition coefficient (Wildman–Crippen LogP) is 2.01. The second-order valence-corrected chi connectivity index (χ2v) is 4.51. The Morgan fingerprint density at radius 3 is 2.27 bits per heavy atom. The van der Waals surface area contributed by atoms with E-state index in [0.29, 0.717) is 0 Å². The van der Waals surface area contributed by atoms with Crippen LogP contribution in [-0.4, -0.2) is 5.78 Å². The summed E-state index contributed by atoms with van der Waals surface area (Å²) in [6, 6.07) is 0. The van der Waals surface area contributed by atoms with Gasteiger partial charge in [0, 0.05) is 13.2 Å². The van der Waals surface area contributed by atoms with E-state index < -0.39 is 5.89 Å². The van der Waals surface area contributed by atoms with Gasteiger partial charge in [0.2, 0.25) is 0 Å². The van der Waals surface area contributed by atoms with E-state index in [1.807, 2.05) is 0 Å². The smallest absolute Gasteiger partial charge is 0.139 e. The number of ketones is 1. The fraction of sp³-hybridized carbons (Fsp3) is 0.900. The summed E-state index contributed by atoms with van der Waals surface area (Å²) in [4.78, 5) is 11.7. The Hall–Kier alpha value is -0.330. The van der Waals surface area contributed by atoms with E-state index in [0.717, 1.165) is 37.5 Å². The van der Waals surface area contributed by atoms with Crippen LogP contribution >= 0.6 is 0 Å². The van der Waals surface area contributed by atoms with Gasteiger partial charge in [0.05, 0.1) is 0 Å². The Morgan fingerprint density at radius 2 is 1.73 bits per heavy atom. The third-order valence-electron chi connectivity index (χ3n) is 3.69. The van der Waals surface area contributed by atoms with E-state index in [2.05, 4.69) is 0 Å². The topological polar surface area (TPSA) is 17.1 Å². The lowest BCUT2D eigenvalue weighted by atomic mass is 9.56. The van der Waals surface area contributed by atoms with Gasteiger partial charge in [-0.2, -0.15) is 0 Å². The molecule has 4 rings (SSSR count). The lowest BCUT2D eigenvalue weighted by molar-refractivity contribution is -0.139. The van der Waals surface area contributed by atoms with E-state index in [1.54, 1.807) is 0 Å². The fourth-order valence-corrected chi connectivity index (χ4v) is 3.38. The highest BCUT2D eigenvalue weighted by molar-refractivity contribution is 5.85. The van der Waals surface area contributed by atoms with Crippen LogP contribution in [0.1, 0.15) is 33.5 Å². The molecule has 0 N–H and O–H groups in total. The lowest BCUT2D eigenvalue weighted by Gasteiger charge is -2.48. The zero-order valence-corrected chi connectivity index (χ0v) is 6.68. The van der Waals surface area contributed by atoms with Crippen molar-refractivity contribution in [3.63, 3.8) is 0 Å². The summed E-state index contributed by atoms with van der Waals surface area (Å²) >= 11 is 0. The van der Waals surface area contributed by atoms with Gasteiger partial charge in [-0.25, -0.2) is 0 Å². The minimum absolute atomic E-state index is 0.273. The van der Waals surface area contributed by atoms with Crippen molar-refractivity contribution < 1.29 is 6.17 Å². The fourth-order valence-electron chi connectivity index (χ4n) is 3.38. The van der Waals surface area contributed by atoms with Crippen molar-refractivity contribution in [1.82, 2.24) is 0 Å². The summed E-state index contributed by atoms with van der Waals surface area (Å²) in [5.41, 5.74) is 0. The van der Waals surface area contributed by atoms with E-state index in [4.69, 9.17) is 1.37 Å². The lowest BCUT2D eigenvalue weighted by Crippen LogP contribution is -2.45. The molecular formula is C10H14O. The van der Waals surface area contributed by atoms with Crippen LogP contribution in [-0.2, 0) is 4.79 Å². The Kier molecular flexibility index (Phi) is 0.912. The highest BCUT2D eigenvalue weighted by Crippen LogP contribution is 2.51. The van der Waals surface area contributed by atoms with Crippen LogP contribution in [0, 0.1) is 23.6 Å². The van der Waals surface area contributed by atoms with Gasteiger partial charge in [0.25, 0.3) is 0 Å². The minimum Gasteiger partial charge on any atom is -0.299 e. The second-order valence-electron chi connectivity index (χ2n) is 4.51. The average Bonchev–Trinajstić information content (AvgIpc) is 1.98. The Bertz CT molecular complexity index is 234. The minimum atomic E-state index is -0.630. The molecule has 0 radical (unpaired) electrons. The maximum absolute atomic E-state index is 11.7. The molecule has 0 aromatic heterocycles. The molecule has 4 bridgehead atoms. The summed E-state index contributed by atoms with van der Waals surface area (Å²) in [7, 11) is 0. The molecule has 1 nitrogen and oxygen atoms in total. The summed E-state index contributed by atoms with van der Waals surface area (Å²) < 4.78 is 8.07. The van der Waals surface area contributed by atoms with Gasteiger partial charge in [-0.3, -0.25) is 4.79 Å². The molecule has 0 amide bonds. The molecule has 4 saturated carbocycles. The van der Waals surface area contributed by atoms with Gasteiger partial charge < -0.3 is 0 Å². The van der Waals surface area contributed by atoms with Crippen molar-refractivity contribution in [2.24, 2.45) is 23.6 Å². The average molecular weight is 151 g/mol. The van der Waals surface area contributed by atoms with Crippen molar-refractivity contribution in [2.45, 2.75) is 32.1 Å². The van der Waals surface area contributed by atoms with Crippen LogP contribution in [0.25, 0.3) is 0 Å².